The molecular weight excluding hydrogens is 280 g/mol. The zero-order valence-corrected chi connectivity index (χ0v) is 13.6. The third-order valence-electron chi connectivity index (χ3n) is 4.11. The molecule has 1 aliphatic rings. The molecule has 5 nitrogen and oxygen atoms in total. The summed E-state index contributed by atoms with van der Waals surface area (Å²) in [7, 11) is 0. The number of amides is 1. The average Bonchev–Trinajstić information content (AvgIpc) is 3.34. The molecular formula is C17H26N2O3. The lowest BCUT2D eigenvalue weighted by atomic mass is 9.95. The number of hydrogen-bond donors (Lipinski definition) is 2. The molecule has 0 radical (unpaired) electrons. The Hall–Kier alpha value is -1.75. The van der Waals surface area contributed by atoms with Crippen molar-refractivity contribution in [2.24, 2.45) is 11.7 Å². The van der Waals surface area contributed by atoms with E-state index in [0.29, 0.717) is 42.7 Å². The molecule has 3 N–H and O–H groups in total. The summed E-state index contributed by atoms with van der Waals surface area (Å²) in [6.07, 6.45) is 2.25. The number of carbonyl (C=O) groups is 1. The highest BCUT2D eigenvalue weighted by Gasteiger charge is 2.41. The molecule has 1 amide bonds. The molecule has 0 aliphatic heterocycles. The molecule has 0 aromatic heterocycles. The number of rotatable bonds is 8. The average molecular weight is 306 g/mol. The first-order valence-electron chi connectivity index (χ1n) is 7.96. The highest BCUT2D eigenvalue weighted by molar-refractivity contribution is 5.95. The van der Waals surface area contributed by atoms with Crippen LogP contribution in [0.5, 0.6) is 11.5 Å². The fourth-order valence-corrected chi connectivity index (χ4v) is 2.56. The Labute approximate surface area is 132 Å². The van der Waals surface area contributed by atoms with Gasteiger partial charge in [-0.1, -0.05) is 0 Å². The van der Waals surface area contributed by atoms with Crippen LogP contribution in [0, 0.1) is 5.92 Å². The van der Waals surface area contributed by atoms with Gasteiger partial charge in [-0.15, -0.1) is 0 Å². The maximum atomic E-state index is 12.5. The topological polar surface area (TPSA) is 73.6 Å². The first-order valence-corrected chi connectivity index (χ1v) is 7.96. The molecule has 0 spiro atoms. The lowest BCUT2D eigenvalue weighted by Gasteiger charge is -2.29. The van der Waals surface area contributed by atoms with Crippen molar-refractivity contribution in [1.82, 2.24) is 5.32 Å². The minimum Gasteiger partial charge on any atom is -0.490 e. The van der Waals surface area contributed by atoms with Crippen LogP contribution in [0.4, 0.5) is 0 Å². The molecule has 1 unspecified atom stereocenters. The van der Waals surface area contributed by atoms with Crippen LogP contribution in [0.2, 0.25) is 0 Å². The van der Waals surface area contributed by atoms with Gasteiger partial charge >= 0.3 is 0 Å². The van der Waals surface area contributed by atoms with Crippen LogP contribution in [0.25, 0.3) is 0 Å². The van der Waals surface area contributed by atoms with Crippen molar-refractivity contribution >= 4 is 5.91 Å². The van der Waals surface area contributed by atoms with Gasteiger partial charge in [0.15, 0.2) is 11.5 Å². The lowest BCUT2D eigenvalue weighted by molar-refractivity contribution is 0.0897. The second-order valence-corrected chi connectivity index (χ2v) is 5.88. The number of nitrogens with two attached hydrogens (primary N) is 1. The Bertz CT molecular complexity index is 529. The van der Waals surface area contributed by atoms with E-state index < -0.39 is 0 Å². The van der Waals surface area contributed by atoms with Crippen molar-refractivity contribution in [1.29, 1.82) is 0 Å². The van der Waals surface area contributed by atoms with Crippen molar-refractivity contribution in [3.8, 4) is 11.5 Å². The van der Waals surface area contributed by atoms with Gasteiger partial charge in [0, 0.05) is 12.1 Å². The zero-order chi connectivity index (χ0) is 16.2. The largest absolute Gasteiger partial charge is 0.490 e. The van der Waals surface area contributed by atoms with E-state index in [1.807, 2.05) is 20.8 Å². The first kappa shape index (κ1) is 16.6. The number of benzene rings is 1. The minimum atomic E-state index is -0.332. The van der Waals surface area contributed by atoms with Crippen molar-refractivity contribution in [3.63, 3.8) is 0 Å². The van der Waals surface area contributed by atoms with E-state index in [2.05, 4.69) is 5.32 Å². The van der Waals surface area contributed by atoms with Crippen LogP contribution in [-0.2, 0) is 0 Å². The number of ether oxygens (including phenoxy) is 2. The molecule has 0 saturated heterocycles. The number of carbonyl (C=O) groups excluding carboxylic acids is 1. The molecule has 0 bridgehead atoms. The summed E-state index contributed by atoms with van der Waals surface area (Å²) in [6.45, 7) is 7.35. The van der Waals surface area contributed by atoms with Crippen LogP contribution in [-0.4, -0.2) is 31.2 Å². The fraction of sp³-hybridized carbons (Fsp3) is 0.588. The van der Waals surface area contributed by atoms with E-state index in [0.717, 1.165) is 12.8 Å². The van der Waals surface area contributed by atoms with Gasteiger partial charge in [-0.05, 0) is 57.7 Å². The summed E-state index contributed by atoms with van der Waals surface area (Å²) in [6, 6.07) is 5.26. The highest BCUT2D eigenvalue weighted by Crippen LogP contribution is 2.39. The van der Waals surface area contributed by atoms with Gasteiger partial charge in [0.05, 0.1) is 18.8 Å². The van der Waals surface area contributed by atoms with Crippen molar-refractivity contribution < 1.29 is 14.3 Å². The second-order valence-electron chi connectivity index (χ2n) is 5.88. The Morgan fingerprint density at radius 2 is 1.91 bits per heavy atom. The molecule has 0 heterocycles. The summed E-state index contributed by atoms with van der Waals surface area (Å²) in [4.78, 5) is 12.5. The van der Waals surface area contributed by atoms with Gasteiger partial charge in [0.2, 0.25) is 0 Å². The normalized spacial score (nSPS) is 16.7. The van der Waals surface area contributed by atoms with E-state index in [-0.39, 0.29) is 11.4 Å². The molecule has 1 aromatic rings. The summed E-state index contributed by atoms with van der Waals surface area (Å²) < 4.78 is 11.1. The van der Waals surface area contributed by atoms with Gasteiger partial charge in [0.1, 0.15) is 0 Å². The quantitative estimate of drug-likeness (QED) is 0.773. The van der Waals surface area contributed by atoms with Gasteiger partial charge in [-0.2, -0.15) is 0 Å². The predicted molar refractivity (Wildman–Crippen MR) is 86.4 cm³/mol. The molecule has 1 fully saturated rings. The highest BCUT2D eigenvalue weighted by atomic mass is 16.5. The van der Waals surface area contributed by atoms with Crippen LogP contribution in [0.15, 0.2) is 18.2 Å². The first-order chi connectivity index (χ1) is 10.5. The molecule has 1 aromatic carbocycles. The molecule has 22 heavy (non-hydrogen) atoms. The van der Waals surface area contributed by atoms with Gasteiger partial charge in [0.25, 0.3) is 5.91 Å². The number of hydrogen-bond acceptors (Lipinski definition) is 4. The van der Waals surface area contributed by atoms with E-state index >= 15 is 0 Å². The third-order valence-corrected chi connectivity index (χ3v) is 4.11. The van der Waals surface area contributed by atoms with Gasteiger partial charge in [-0.25, -0.2) is 0 Å². The molecule has 1 atom stereocenters. The van der Waals surface area contributed by atoms with E-state index in [1.54, 1.807) is 18.2 Å². The van der Waals surface area contributed by atoms with Crippen LogP contribution in [0.1, 0.15) is 44.0 Å². The Balaban J connectivity index is 2.16. The molecule has 122 valence electrons. The van der Waals surface area contributed by atoms with Crippen LogP contribution >= 0.6 is 0 Å². The maximum absolute atomic E-state index is 12.5. The molecule has 1 aliphatic carbocycles. The SMILES string of the molecule is CCOc1ccc(C(=O)NC(C)(CN)C2CC2)cc1OCC. The van der Waals surface area contributed by atoms with Gasteiger partial charge in [-0.3, -0.25) is 4.79 Å². The monoisotopic (exact) mass is 306 g/mol. The molecule has 2 rings (SSSR count). The number of nitrogens with one attached hydrogen (secondary N) is 1. The zero-order valence-electron chi connectivity index (χ0n) is 13.6. The fourth-order valence-electron chi connectivity index (χ4n) is 2.56. The lowest BCUT2D eigenvalue weighted by Crippen LogP contribution is -2.53. The summed E-state index contributed by atoms with van der Waals surface area (Å²) in [5.41, 5.74) is 6.09. The van der Waals surface area contributed by atoms with Crippen LogP contribution < -0.4 is 20.5 Å². The predicted octanol–water partition coefficient (Wildman–Crippen LogP) is 2.34. The second kappa shape index (κ2) is 7.01. The van der Waals surface area contributed by atoms with E-state index in [4.69, 9.17) is 15.2 Å². The summed E-state index contributed by atoms with van der Waals surface area (Å²) in [5.74, 6) is 1.61. The van der Waals surface area contributed by atoms with E-state index in [9.17, 15) is 4.79 Å². The molecule has 1 saturated carbocycles. The van der Waals surface area contributed by atoms with Gasteiger partial charge < -0.3 is 20.5 Å². The van der Waals surface area contributed by atoms with Crippen LogP contribution in [0.3, 0.4) is 0 Å². The third kappa shape index (κ3) is 3.71. The smallest absolute Gasteiger partial charge is 0.251 e. The van der Waals surface area contributed by atoms with Crippen molar-refractivity contribution in [2.45, 2.75) is 39.2 Å². The van der Waals surface area contributed by atoms with Crippen molar-refractivity contribution in [2.75, 3.05) is 19.8 Å². The van der Waals surface area contributed by atoms with Crippen molar-refractivity contribution in [3.05, 3.63) is 23.8 Å². The Morgan fingerprint density at radius 3 is 2.45 bits per heavy atom. The standard InChI is InChI=1S/C17H26N2O3/c1-4-21-14-9-6-12(10-15(14)22-5-2)16(20)19-17(3,11-18)13-7-8-13/h6,9-10,13H,4-5,7-8,11,18H2,1-3H3,(H,19,20). The minimum absolute atomic E-state index is 0.121. The Kier molecular flexibility index (Phi) is 5.29. The summed E-state index contributed by atoms with van der Waals surface area (Å²) in [5, 5.41) is 3.08. The Morgan fingerprint density at radius 1 is 1.27 bits per heavy atom. The van der Waals surface area contributed by atoms with E-state index in [1.165, 1.54) is 0 Å². The molecule has 5 heteroatoms. The summed E-state index contributed by atoms with van der Waals surface area (Å²) >= 11 is 0. The maximum Gasteiger partial charge on any atom is 0.251 e.